The van der Waals surface area contributed by atoms with Gasteiger partial charge in [0.05, 0.1) is 6.26 Å². The predicted octanol–water partition coefficient (Wildman–Crippen LogP) is 1.000. The minimum Gasteiger partial charge on any atom is -0.459 e. The van der Waals surface area contributed by atoms with Gasteiger partial charge in [-0.1, -0.05) is 0 Å². The van der Waals surface area contributed by atoms with Gasteiger partial charge in [-0.2, -0.15) is 0 Å². The number of likely N-dealkylation sites (tertiary alicyclic amines) is 1. The quantitative estimate of drug-likeness (QED) is 0.767. The number of amides is 2. The third-order valence-corrected chi connectivity index (χ3v) is 3.70. The van der Waals surface area contributed by atoms with E-state index in [2.05, 4.69) is 10.6 Å². The van der Waals surface area contributed by atoms with Crippen LogP contribution in [0.25, 0.3) is 0 Å². The number of nitrogens with zero attached hydrogens (tertiary/aromatic N) is 1. The van der Waals surface area contributed by atoms with Crippen LogP contribution in [0.5, 0.6) is 0 Å². The van der Waals surface area contributed by atoms with Gasteiger partial charge in [-0.05, 0) is 51.4 Å². The van der Waals surface area contributed by atoms with Gasteiger partial charge in [0.25, 0.3) is 5.91 Å². The topological polar surface area (TPSA) is 74.6 Å². The Hall–Kier alpha value is -1.82. The first-order chi connectivity index (χ1) is 10.2. The number of carbonyl (C=O) groups is 2. The molecule has 1 aliphatic heterocycles. The van der Waals surface area contributed by atoms with Crippen molar-refractivity contribution in [3.63, 3.8) is 0 Å². The fraction of sp³-hybridized carbons (Fsp3) is 0.600. The van der Waals surface area contributed by atoms with Crippen LogP contribution >= 0.6 is 0 Å². The Labute approximate surface area is 124 Å². The molecule has 6 heteroatoms. The van der Waals surface area contributed by atoms with E-state index in [1.165, 1.54) is 6.26 Å². The SMILES string of the molecule is CNCCCNC(=O)C1CCCCN1C(=O)c1ccco1. The van der Waals surface area contributed by atoms with E-state index in [-0.39, 0.29) is 17.9 Å². The molecule has 0 radical (unpaired) electrons. The molecule has 6 nitrogen and oxygen atoms in total. The van der Waals surface area contributed by atoms with Crippen molar-refractivity contribution in [1.82, 2.24) is 15.5 Å². The van der Waals surface area contributed by atoms with Gasteiger partial charge in [-0.25, -0.2) is 0 Å². The molecule has 0 aliphatic carbocycles. The number of hydrogen-bond acceptors (Lipinski definition) is 4. The zero-order valence-electron chi connectivity index (χ0n) is 12.4. The molecule has 2 amide bonds. The minimum atomic E-state index is -0.383. The van der Waals surface area contributed by atoms with E-state index >= 15 is 0 Å². The molecular weight excluding hydrogens is 270 g/mol. The van der Waals surface area contributed by atoms with Crippen LogP contribution in [0.15, 0.2) is 22.8 Å². The molecule has 1 atom stereocenters. The normalized spacial score (nSPS) is 18.5. The smallest absolute Gasteiger partial charge is 0.290 e. The number of furan rings is 1. The Morgan fingerprint density at radius 2 is 2.24 bits per heavy atom. The van der Waals surface area contributed by atoms with Gasteiger partial charge < -0.3 is 20.0 Å². The van der Waals surface area contributed by atoms with Crippen LogP contribution in [0.1, 0.15) is 36.2 Å². The summed E-state index contributed by atoms with van der Waals surface area (Å²) in [4.78, 5) is 26.3. The Morgan fingerprint density at radius 3 is 2.95 bits per heavy atom. The average molecular weight is 293 g/mol. The van der Waals surface area contributed by atoms with Crippen molar-refractivity contribution in [2.75, 3.05) is 26.7 Å². The van der Waals surface area contributed by atoms with Crippen molar-refractivity contribution >= 4 is 11.8 Å². The van der Waals surface area contributed by atoms with E-state index in [1.54, 1.807) is 17.0 Å². The molecule has 116 valence electrons. The van der Waals surface area contributed by atoms with Gasteiger partial charge in [0.2, 0.25) is 5.91 Å². The van der Waals surface area contributed by atoms with E-state index < -0.39 is 0 Å². The summed E-state index contributed by atoms with van der Waals surface area (Å²) in [7, 11) is 1.88. The lowest BCUT2D eigenvalue weighted by molar-refractivity contribution is -0.126. The zero-order valence-corrected chi connectivity index (χ0v) is 12.4. The molecule has 0 aromatic carbocycles. The van der Waals surface area contributed by atoms with E-state index in [0.717, 1.165) is 25.8 Å². The maximum Gasteiger partial charge on any atom is 0.290 e. The molecule has 1 aromatic heterocycles. The maximum atomic E-state index is 12.4. The second-order valence-corrected chi connectivity index (χ2v) is 5.24. The Morgan fingerprint density at radius 1 is 1.38 bits per heavy atom. The summed E-state index contributed by atoms with van der Waals surface area (Å²) in [5, 5.41) is 5.95. The minimum absolute atomic E-state index is 0.0642. The summed E-state index contributed by atoms with van der Waals surface area (Å²) in [6.45, 7) is 2.09. The molecule has 21 heavy (non-hydrogen) atoms. The summed E-state index contributed by atoms with van der Waals surface area (Å²) < 4.78 is 5.16. The molecule has 0 spiro atoms. The number of nitrogens with one attached hydrogen (secondary N) is 2. The zero-order chi connectivity index (χ0) is 15.1. The number of piperidine rings is 1. The highest BCUT2D eigenvalue weighted by atomic mass is 16.3. The van der Waals surface area contributed by atoms with Crippen LogP contribution in [-0.2, 0) is 4.79 Å². The van der Waals surface area contributed by atoms with Crippen LogP contribution in [0.4, 0.5) is 0 Å². The molecule has 2 N–H and O–H groups in total. The van der Waals surface area contributed by atoms with E-state index in [1.807, 2.05) is 7.05 Å². The van der Waals surface area contributed by atoms with Gasteiger partial charge >= 0.3 is 0 Å². The van der Waals surface area contributed by atoms with Gasteiger partial charge in [0.15, 0.2) is 5.76 Å². The van der Waals surface area contributed by atoms with Crippen LogP contribution in [-0.4, -0.2) is 49.4 Å². The fourth-order valence-electron chi connectivity index (χ4n) is 2.58. The second kappa shape index (κ2) is 7.83. The first-order valence-corrected chi connectivity index (χ1v) is 7.51. The maximum absolute atomic E-state index is 12.4. The van der Waals surface area contributed by atoms with Crippen molar-refractivity contribution < 1.29 is 14.0 Å². The molecule has 2 rings (SSSR count). The molecule has 1 unspecified atom stereocenters. The molecule has 0 bridgehead atoms. The summed E-state index contributed by atoms with van der Waals surface area (Å²) in [6.07, 6.45) is 4.96. The number of hydrogen-bond donors (Lipinski definition) is 2. The Bertz CT molecular complexity index is 459. The molecule has 2 heterocycles. The second-order valence-electron chi connectivity index (χ2n) is 5.24. The van der Waals surface area contributed by atoms with Crippen molar-refractivity contribution in [1.29, 1.82) is 0 Å². The highest BCUT2D eigenvalue weighted by Crippen LogP contribution is 2.20. The third-order valence-electron chi connectivity index (χ3n) is 3.70. The standard InChI is InChI=1S/C15H23N3O3/c1-16-8-5-9-17-14(19)12-6-2-3-10-18(12)15(20)13-7-4-11-21-13/h4,7,11-12,16H,2-3,5-6,8-10H2,1H3,(H,17,19). The third kappa shape index (κ3) is 4.07. The predicted molar refractivity (Wildman–Crippen MR) is 78.9 cm³/mol. The summed E-state index contributed by atoms with van der Waals surface area (Å²) >= 11 is 0. The molecule has 1 saturated heterocycles. The molecule has 1 aliphatic rings. The number of carbonyl (C=O) groups excluding carboxylic acids is 2. The monoisotopic (exact) mass is 293 g/mol. The average Bonchev–Trinajstić information content (AvgIpc) is 3.05. The van der Waals surface area contributed by atoms with Crippen molar-refractivity contribution in [2.24, 2.45) is 0 Å². The van der Waals surface area contributed by atoms with Gasteiger partial charge in [-0.3, -0.25) is 9.59 Å². The largest absolute Gasteiger partial charge is 0.459 e. The van der Waals surface area contributed by atoms with Crippen LogP contribution in [0.3, 0.4) is 0 Å². The Kier molecular flexibility index (Phi) is 5.80. The summed E-state index contributed by atoms with van der Waals surface area (Å²) in [5.74, 6) is 0.0330. The lowest BCUT2D eigenvalue weighted by atomic mass is 10.0. The summed E-state index contributed by atoms with van der Waals surface area (Å²) in [5.41, 5.74) is 0. The van der Waals surface area contributed by atoms with Crippen LogP contribution < -0.4 is 10.6 Å². The van der Waals surface area contributed by atoms with Crippen molar-refractivity contribution in [3.8, 4) is 0 Å². The lowest BCUT2D eigenvalue weighted by Gasteiger charge is -2.34. The molecular formula is C15H23N3O3. The van der Waals surface area contributed by atoms with E-state index in [4.69, 9.17) is 4.42 Å². The van der Waals surface area contributed by atoms with Crippen molar-refractivity contribution in [3.05, 3.63) is 24.2 Å². The Balaban J connectivity index is 1.95. The van der Waals surface area contributed by atoms with Gasteiger partial charge in [-0.15, -0.1) is 0 Å². The highest BCUT2D eigenvalue weighted by molar-refractivity contribution is 5.95. The highest BCUT2D eigenvalue weighted by Gasteiger charge is 2.33. The van der Waals surface area contributed by atoms with Gasteiger partial charge in [0.1, 0.15) is 6.04 Å². The molecule has 1 fully saturated rings. The van der Waals surface area contributed by atoms with Crippen LogP contribution in [0.2, 0.25) is 0 Å². The molecule has 1 aromatic rings. The van der Waals surface area contributed by atoms with Crippen molar-refractivity contribution in [2.45, 2.75) is 31.7 Å². The fourth-order valence-corrected chi connectivity index (χ4v) is 2.58. The first-order valence-electron chi connectivity index (χ1n) is 7.51. The lowest BCUT2D eigenvalue weighted by Crippen LogP contribution is -2.52. The van der Waals surface area contributed by atoms with Gasteiger partial charge in [0, 0.05) is 13.1 Å². The number of rotatable bonds is 6. The van der Waals surface area contributed by atoms with Crippen LogP contribution in [0, 0.1) is 0 Å². The first kappa shape index (κ1) is 15.6. The summed E-state index contributed by atoms with van der Waals surface area (Å²) in [6, 6.07) is 2.94. The van der Waals surface area contributed by atoms with E-state index in [0.29, 0.717) is 25.3 Å². The van der Waals surface area contributed by atoms with E-state index in [9.17, 15) is 9.59 Å². The molecule has 0 saturated carbocycles.